The molecule has 0 spiro atoms. The largest absolute Gasteiger partial charge is 0.405 e. The van der Waals surface area contributed by atoms with Crippen molar-refractivity contribution in [3.05, 3.63) is 0 Å². The van der Waals surface area contributed by atoms with Gasteiger partial charge in [0, 0.05) is 6.54 Å². The summed E-state index contributed by atoms with van der Waals surface area (Å²) in [6.07, 6.45) is -3.70. The zero-order chi connectivity index (χ0) is 12.8. The van der Waals surface area contributed by atoms with Crippen molar-refractivity contribution in [1.29, 1.82) is 0 Å². The van der Waals surface area contributed by atoms with Gasteiger partial charge in [-0.3, -0.25) is 0 Å². The van der Waals surface area contributed by atoms with Crippen LogP contribution in [0.15, 0.2) is 0 Å². The molecule has 0 saturated heterocycles. The number of hydrogen-bond acceptors (Lipinski definition) is 2. The highest BCUT2D eigenvalue weighted by Gasteiger charge is 2.28. The van der Waals surface area contributed by atoms with Gasteiger partial charge in [0.05, 0.1) is 0 Å². The predicted octanol–water partition coefficient (Wildman–Crippen LogP) is 1.22. The predicted molar refractivity (Wildman–Crippen MR) is 54.9 cm³/mol. The fourth-order valence-electron chi connectivity index (χ4n) is 1.04. The van der Waals surface area contributed by atoms with Crippen molar-refractivity contribution in [3.8, 4) is 0 Å². The van der Waals surface area contributed by atoms with E-state index in [2.05, 4.69) is 5.32 Å². The molecule has 2 amide bonds. The molecule has 0 saturated carbocycles. The summed E-state index contributed by atoms with van der Waals surface area (Å²) in [6.45, 7) is 3.19. The molecule has 0 heterocycles. The number of nitrogens with two attached hydrogens (primary N) is 1. The van der Waals surface area contributed by atoms with Crippen LogP contribution in [-0.2, 0) is 0 Å². The number of halogens is 3. The lowest BCUT2D eigenvalue weighted by Gasteiger charge is -2.24. The lowest BCUT2D eigenvalue weighted by molar-refractivity contribution is -0.122. The van der Waals surface area contributed by atoms with Crippen LogP contribution >= 0.6 is 0 Å². The Hall–Kier alpha value is -0.980. The average Bonchev–Trinajstić information content (AvgIpc) is 2.10. The van der Waals surface area contributed by atoms with Crippen LogP contribution < -0.4 is 16.4 Å². The van der Waals surface area contributed by atoms with Crippen LogP contribution in [0.5, 0.6) is 0 Å². The highest BCUT2D eigenvalue weighted by molar-refractivity contribution is 5.73. The van der Waals surface area contributed by atoms with E-state index in [1.807, 2.05) is 13.8 Å². The van der Waals surface area contributed by atoms with E-state index >= 15 is 0 Å². The number of amides is 2. The van der Waals surface area contributed by atoms with Gasteiger partial charge in [0.1, 0.15) is 6.54 Å². The van der Waals surface area contributed by atoms with E-state index in [4.69, 9.17) is 5.73 Å². The summed E-state index contributed by atoms with van der Waals surface area (Å²) in [4.78, 5) is 11.0. The molecule has 0 aliphatic carbocycles. The minimum absolute atomic E-state index is 0.218. The molecule has 0 atom stereocenters. The van der Waals surface area contributed by atoms with E-state index in [0.717, 1.165) is 0 Å². The number of carbonyl (C=O) groups is 1. The van der Waals surface area contributed by atoms with Gasteiger partial charge in [-0.15, -0.1) is 0 Å². The standard InChI is InChI=1S/C9H18F3N3O/c1-8(2,3-4-13)5-14-7(16)15-6-9(10,11)12/h3-6,13H2,1-2H3,(H2,14,15,16). The van der Waals surface area contributed by atoms with E-state index in [1.54, 1.807) is 5.32 Å². The molecule has 7 heteroatoms. The highest BCUT2D eigenvalue weighted by Crippen LogP contribution is 2.17. The molecular formula is C9H18F3N3O. The Balaban J connectivity index is 3.81. The quantitative estimate of drug-likeness (QED) is 0.677. The molecule has 16 heavy (non-hydrogen) atoms. The van der Waals surface area contributed by atoms with E-state index in [0.29, 0.717) is 13.0 Å². The zero-order valence-corrected chi connectivity index (χ0v) is 9.45. The first-order chi connectivity index (χ1) is 7.16. The van der Waals surface area contributed by atoms with Crippen molar-refractivity contribution >= 4 is 6.03 Å². The minimum Gasteiger partial charge on any atom is -0.338 e. The summed E-state index contributed by atoms with van der Waals surface area (Å²) in [5.74, 6) is 0. The Morgan fingerprint density at radius 2 is 1.69 bits per heavy atom. The fraction of sp³-hybridized carbons (Fsp3) is 0.889. The monoisotopic (exact) mass is 241 g/mol. The van der Waals surface area contributed by atoms with Crippen LogP contribution in [0.1, 0.15) is 20.3 Å². The Morgan fingerprint density at radius 3 is 2.12 bits per heavy atom. The average molecular weight is 241 g/mol. The molecule has 0 aromatic heterocycles. The van der Waals surface area contributed by atoms with Gasteiger partial charge in [0.15, 0.2) is 0 Å². The summed E-state index contributed by atoms with van der Waals surface area (Å²) in [5.41, 5.74) is 5.14. The number of rotatable bonds is 5. The molecule has 4 N–H and O–H groups in total. The topological polar surface area (TPSA) is 67.1 Å². The van der Waals surface area contributed by atoms with Crippen molar-refractivity contribution in [3.63, 3.8) is 0 Å². The molecule has 0 radical (unpaired) electrons. The first-order valence-electron chi connectivity index (χ1n) is 4.95. The van der Waals surface area contributed by atoms with Gasteiger partial charge in [-0.1, -0.05) is 13.8 Å². The number of hydrogen-bond donors (Lipinski definition) is 3. The first-order valence-corrected chi connectivity index (χ1v) is 4.95. The summed E-state index contributed by atoms with van der Waals surface area (Å²) in [6, 6.07) is -0.817. The molecule has 0 fully saturated rings. The van der Waals surface area contributed by atoms with Crippen LogP contribution in [0.2, 0.25) is 0 Å². The number of alkyl halides is 3. The van der Waals surface area contributed by atoms with E-state index in [9.17, 15) is 18.0 Å². The molecule has 0 aliphatic heterocycles. The van der Waals surface area contributed by atoms with Gasteiger partial charge >= 0.3 is 12.2 Å². The number of nitrogens with one attached hydrogen (secondary N) is 2. The lowest BCUT2D eigenvalue weighted by atomic mass is 9.89. The summed E-state index contributed by atoms with van der Waals surface area (Å²) < 4.78 is 35.3. The lowest BCUT2D eigenvalue weighted by Crippen LogP contribution is -2.44. The third-order valence-electron chi connectivity index (χ3n) is 2.00. The maximum absolute atomic E-state index is 11.8. The van der Waals surface area contributed by atoms with Crippen LogP contribution in [0, 0.1) is 5.41 Å². The van der Waals surface area contributed by atoms with Crippen LogP contribution in [0.4, 0.5) is 18.0 Å². The van der Waals surface area contributed by atoms with Gasteiger partial charge in [-0.25, -0.2) is 4.79 Å². The fourth-order valence-corrected chi connectivity index (χ4v) is 1.04. The van der Waals surface area contributed by atoms with Gasteiger partial charge in [-0.2, -0.15) is 13.2 Å². The van der Waals surface area contributed by atoms with E-state index < -0.39 is 18.8 Å². The summed E-state index contributed by atoms with van der Waals surface area (Å²) >= 11 is 0. The van der Waals surface area contributed by atoms with E-state index in [1.165, 1.54) is 0 Å². The van der Waals surface area contributed by atoms with E-state index in [-0.39, 0.29) is 12.0 Å². The maximum atomic E-state index is 11.8. The van der Waals surface area contributed by atoms with Crippen molar-refractivity contribution in [2.24, 2.45) is 11.1 Å². The van der Waals surface area contributed by atoms with Crippen LogP contribution in [0.3, 0.4) is 0 Å². The Morgan fingerprint density at radius 1 is 1.19 bits per heavy atom. The van der Waals surface area contributed by atoms with Gasteiger partial charge in [-0.05, 0) is 18.4 Å². The Labute approximate surface area is 92.8 Å². The van der Waals surface area contributed by atoms with Crippen molar-refractivity contribution < 1.29 is 18.0 Å². The molecule has 96 valence electrons. The van der Waals surface area contributed by atoms with Gasteiger partial charge < -0.3 is 16.4 Å². The molecule has 0 unspecified atom stereocenters. The molecule has 0 aromatic rings. The zero-order valence-electron chi connectivity index (χ0n) is 9.45. The second-order valence-corrected chi connectivity index (χ2v) is 4.35. The molecule has 0 aliphatic rings. The van der Waals surface area contributed by atoms with Crippen molar-refractivity contribution in [2.75, 3.05) is 19.6 Å². The smallest absolute Gasteiger partial charge is 0.338 e. The highest BCUT2D eigenvalue weighted by atomic mass is 19.4. The normalized spacial score (nSPS) is 12.4. The SMILES string of the molecule is CC(C)(CCN)CNC(=O)NCC(F)(F)F. The molecule has 4 nitrogen and oxygen atoms in total. The second-order valence-electron chi connectivity index (χ2n) is 4.35. The number of carbonyl (C=O) groups excluding carboxylic acids is 1. The van der Waals surface area contributed by atoms with Gasteiger partial charge in [0.25, 0.3) is 0 Å². The van der Waals surface area contributed by atoms with Gasteiger partial charge in [0.2, 0.25) is 0 Å². The van der Waals surface area contributed by atoms with Crippen molar-refractivity contribution in [2.45, 2.75) is 26.4 Å². The Kier molecular flexibility index (Phi) is 5.57. The first kappa shape index (κ1) is 15.0. The molecule has 0 aromatic carbocycles. The summed E-state index contributed by atoms with van der Waals surface area (Å²) in [5, 5.41) is 4.11. The molecule has 0 rings (SSSR count). The summed E-state index contributed by atoms with van der Waals surface area (Å²) in [7, 11) is 0. The third kappa shape index (κ3) is 8.34. The van der Waals surface area contributed by atoms with Crippen LogP contribution in [-0.4, -0.2) is 31.8 Å². The van der Waals surface area contributed by atoms with Crippen molar-refractivity contribution in [1.82, 2.24) is 10.6 Å². The molecular weight excluding hydrogens is 223 g/mol. The maximum Gasteiger partial charge on any atom is 0.405 e. The number of urea groups is 1. The molecule has 0 bridgehead atoms. The second kappa shape index (κ2) is 5.93. The van der Waals surface area contributed by atoms with Crippen LogP contribution in [0.25, 0.3) is 0 Å². The Bertz CT molecular complexity index is 229. The third-order valence-corrected chi connectivity index (χ3v) is 2.00. The minimum atomic E-state index is -4.38.